The summed E-state index contributed by atoms with van der Waals surface area (Å²) in [5, 5.41) is 2.81. The Morgan fingerprint density at radius 1 is 1.23 bits per heavy atom. The molecular weight excluding hydrogens is 430 g/mol. The minimum absolute atomic E-state index is 0.00220. The van der Waals surface area contributed by atoms with Crippen molar-refractivity contribution in [3.63, 3.8) is 0 Å². The SMILES string of the molecule is CCN(CC)S(=O)(=O)c1ccc(N2CCOCC2)c(NC(=O)C2CCS(=O)(=O)C2)c1. The highest BCUT2D eigenvalue weighted by molar-refractivity contribution is 7.91. The standard InChI is InChI=1S/C19H29N3O6S2/c1-3-22(4-2)30(26,27)16-5-6-18(21-8-10-28-11-9-21)17(13-16)20-19(23)15-7-12-29(24,25)14-15/h5-6,13,15H,3-4,7-12,14H2,1-2H3,(H,20,23). The first-order valence-electron chi connectivity index (χ1n) is 10.2. The topological polar surface area (TPSA) is 113 Å². The first-order valence-corrected chi connectivity index (χ1v) is 13.4. The van der Waals surface area contributed by atoms with Crippen molar-refractivity contribution in [3.05, 3.63) is 18.2 Å². The largest absolute Gasteiger partial charge is 0.378 e. The number of nitrogens with zero attached hydrogens (tertiary/aromatic N) is 2. The van der Waals surface area contributed by atoms with Gasteiger partial charge in [0.25, 0.3) is 0 Å². The predicted octanol–water partition coefficient (Wildman–Crippen LogP) is 0.927. The quantitative estimate of drug-likeness (QED) is 0.645. The molecule has 2 aliphatic heterocycles. The summed E-state index contributed by atoms with van der Waals surface area (Å²) in [4.78, 5) is 14.9. The lowest BCUT2D eigenvalue weighted by atomic mass is 10.1. The van der Waals surface area contributed by atoms with Crippen LogP contribution in [0.15, 0.2) is 23.1 Å². The number of sulfonamides is 1. The Balaban J connectivity index is 1.95. The van der Waals surface area contributed by atoms with Crippen molar-refractivity contribution in [1.82, 2.24) is 4.31 Å². The van der Waals surface area contributed by atoms with E-state index in [1.54, 1.807) is 26.0 Å². The molecule has 2 aliphatic rings. The summed E-state index contributed by atoms with van der Waals surface area (Å²) in [5.74, 6) is -1.21. The van der Waals surface area contributed by atoms with Crippen LogP contribution in [0.1, 0.15) is 20.3 Å². The van der Waals surface area contributed by atoms with Crippen LogP contribution in [-0.4, -0.2) is 77.9 Å². The highest BCUT2D eigenvalue weighted by Crippen LogP contribution is 2.32. The van der Waals surface area contributed by atoms with E-state index in [0.717, 1.165) is 0 Å². The molecule has 0 aliphatic carbocycles. The lowest BCUT2D eigenvalue weighted by molar-refractivity contribution is -0.119. The van der Waals surface area contributed by atoms with Gasteiger partial charge in [0.15, 0.2) is 9.84 Å². The van der Waals surface area contributed by atoms with Crippen molar-refractivity contribution in [3.8, 4) is 0 Å². The number of nitrogens with one attached hydrogen (secondary N) is 1. The molecule has 3 rings (SSSR count). The number of morpholine rings is 1. The summed E-state index contributed by atoms with van der Waals surface area (Å²) in [6.07, 6.45) is 0.276. The van der Waals surface area contributed by atoms with Crippen molar-refractivity contribution < 1.29 is 26.4 Å². The molecule has 1 amide bonds. The van der Waals surface area contributed by atoms with Gasteiger partial charge in [0.2, 0.25) is 15.9 Å². The van der Waals surface area contributed by atoms with E-state index < -0.39 is 31.7 Å². The fraction of sp³-hybridized carbons (Fsp3) is 0.632. The Labute approximate surface area is 178 Å². The lowest BCUT2D eigenvalue weighted by Gasteiger charge is -2.31. The Morgan fingerprint density at radius 3 is 2.47 bits per heavy atom. The van der Waals surface area contributed by atoms with Gasteiger partial charge in [-0.1, -0.05) is 13.8 Å². The second-order valence-corrected chi connectivity index (χ2v) is 11.6. The van der Waals surface area contributed by atoms with Crippen molar-refractivity contribution in [1.29, 1.82) is 0 Å². The highest BCUT2D eigenvalue weighted by atomic mass is 32.2. The van der Waals surface area contributed by atoms with E-state index >= 15 is 0 Å². The van der Waals surface area contributed by atoms with Crippen molar-refractivity contribution in [2.45, 2.75) is 25.2 Å². The summed E-state index contributed by atoms with van der Waals surface area (Å²) in [5.41, 5.74) is 1.07. The molecule has 0 aromatic heterocycles. The van der Waals surface area contributed by atoms with Crippen LogP contribution in [0.2, 0.25) is 0 Å². The Morgan fingerprint density at radius 2 is 1.90 bits per heavy atom. The van der Waals surface area contributed by atoms with Crippen LogP contribution in [0.3, 0.4) is 0 Å². The summed E-state index contributed by atoms with van der Waals surface area (Å²) >= 11 is 0. The molecule has 1 unspecified atom stereocenters. The summed E-state index contributed by atoms with van der Waals surface area (Å²) in [6, 6.07) is 4.72. The van der Waals surface area contributed by atoms with E-state index in [1.165, 1.54) is 10.4 Å². The van der Waals surface area contributed by atoms with Crippen LogP contribution >= 0.6 is 0 Å². The molecule has 2 heterocycles. The number of rotatable bonds is 7. The molecule has 0 radical (unpaired) electrons. The number of hydrogen-bond acceptors (Lipinski definition) is 7. The number of benzene rings is 1. The average Bonchev–Trinajstić information content (AvgIpc) is 3.09. The number of amides is 1. The van der Waals surface area contributed by atoms with Crippen molar-refractivity contribution in [2.24, 2.45) is 5.92 Å². The first-order chi connectivity index (χ1) is 14.2. The second-order valence-electron chi connectivity index (χ2n) is 7.46. The molecule has 1 atom stereocenters. The summed E-state index contributed by atoms with van der Waals surface area (Å²) < 4.78 is 56.2. The molecule has 30 heavy (non-hydrogen) atoms. The molecule has 9 nitrogen and oxygen atoms in total. The van der Waals surface area contributed by atoms with E-state index in [0.29, 0.717) is 50.8 Å². The van der Waals surface area contributed by atoms with E-state index in [-0.39, 0.29) is 22.8 Å². The van der Waals surface area contributed by atoms with Crippen molar-refractivity contribution in [2.75, 3.05) is 61.1 Å². The zero-order chi connectivity index (χ0) is 21.9. The number of hydrogen-bond donors (Lipinski definition) is 1. The maximum atomic E-state index is 13.0. The molecule has 1 aromatic rings. The monoisotopic (exact) mass is 459 g/mol. The zero-order valence-electron chi connectivity index (χ0n) is 17.3. The third-order valence-corrected chi connectivity index (χ3v) is 9.34. The van der Waals surface area contributed by atoms with Gasteiger partial charge in [0.1, 0.15) is 0 Å². The molecule has 1 N–H and O–H groups in total. The van der Waals surface area contributed by atoms with E-state index in [1.807, 2.05) is 4.90 Å². The lowest BCUT2D eigenvalue weighted by Crippen LogP contribution is -2.37. The zero-order valence-corrected chi connectivity index (χ0v) is 19.0. The van der Waals surface area contributed by atoms with Gasteiger partial charge in [-0.3, -0.25) is 4.79 Å². The van der Waals surface area contributed by atoms with Gasteiger partial charge < -0.3 is 15.0 Å². The molecule has 0 saturated carbocycles. The Bertz CT molecular complexity index is 984. The van der Waals surface area contributed by atoms with E-state index in [9.17, 15) is 21.6 Å². The Kier molecular flexibility index (Phi) is 7.05. The molecule has 168 valence electrons. The fourth-order valence-electron chi connectivity index (χ4n) is 3.80. The van der Waals surface area contributed by atoms with E-state index in [4.69, 9.17) is 4.74 Å². The summed E-state index contributed by atoms with van der Waals surface area (Å²) in [7, 11) is -6.90. The number of anilines is 2. The summed E-state index contributed by atoms with van der Waals surface area (Å²) in [6.45, 7) is 6.52. The molecule has 0 spiro atoms. The number of carbonyl (C=O) groups is 1. The molecule has 2 saturated heterocycles. The normalized spacial score (nSPS) is 21.7. The highest BCUT2D eigenvalue weighted by Gasteiger charge is 2.34. The maximum absolute atomic E-state index is 13.0. The van der Waals surface area contributed by atoms with E-state index in [2.05, 4.69) is 5.32 Å². The van der Waals surface area contributed by atoms with Crippen LogP contribution < -0.4 is 10.2 Å². The van der Waals surface area contributed by atoms with Crippen LogP contribution in [0.5, 0.6) is 0 Å². The minimum atomic E-state index is -3.70. The predicted molar refractivity (Wildman–Crippen MR) is 115 cm³/mol. The van der Waals surface area contributed by atoms with Crippen molar-refractivity contribution >= 4 is 37.1 Å². The maximum Gasteiger partial charge on any atom is 0.243 e. The molecular formula is C19H29N3O6S2. The van der Waals surface area contributed by atoms with Gasteiger partial charge in [-0.05, 0) is 24.6 Å². The molecule has 2 fully saturated rings. The molecule has 11 heteroatoms. The van der Waals surface area contributed by atoms with Gasteiger partial charge in [0, 0.05) is 26.2 Å². The van der Waals surface area contributed by atoms with Gasteiger partial charge in [0.05, 0.1) is 46.9 Å². The number of ether oxygens (including phenoxy) is 1. The van der Waals surface area contributed by atoms with Crippen LogP contribution in [0.25, 0.3) is 0 Å². The minimum Gasteiger partial charge on any atom is -0.378 e. The second kappa shape index (κ2) is 9.21. The van der Waals surface area contributed by atoms with Gasteiger partial charge in [-0.2, -0.15) is 4.31 Å². The van der Waals surface area contributed by atoms with Gasteiger partial charge in [-0.25, -0.2) is 16.8 Å². The first kappa shape index (κ1) is 23.0. The average molecular weight is 460 g/mol. The van der Waals surface area contributed by atoms with Crippen LogP contribution in [0, 0.1) is 5.92 Å². The number of sulfone groups is 1. The fourth-order valence-corrected chi connectivity index (χ4v) is 7.03. The van der Waals surface area contributed by atoms with Gasteiger partial charge in [-0.15, -0.1) is 0 Å². The number of carbonyl (C=O) groups excluding carboxylic acids is 1. The van der Waals surface area contributed by atoms with Crippen LogP contribution in [-0.2, 0) is 29.4 Å². The molecule has 1 aromatic carbocycles. The molecule has 0 bridgehead atoms. The van der Waals surface area contributed by atoms with Crippen LogP contribution in [0.4, 0.5) is 11.4 Å². The van der Waals surface area contributed by atoms with Gasteiger partial charge >= 0.3 is 0 Å². The Hall–Kier alpha value is -1.69. The third-order valence-electron chi connectivity index (χ3n) is 5.52. The third kappa shape index (κ3) is 4.96. The smallest absolute Gasteiger partial charge is 0.243 e.